The Labute approximate surface area is 141 Å². The lowest BCUT2D eigenvalue weighted by atomic mass is 10.2. The van der Waals surface area contributed by atoms with E-state index in [1.54, 1.807) is 36.5 Å². The van der Waals surface area contributed by atoms with E-state index in [4.69, 9.17) is 26.5 Å². The second kappa shape index (κ2) is 6.21. The number of carbonyl (C=O) groups excluding carboxylic acids is 2. The number of rotatable bonds is 3. The van der Waals surface area contributed by atoms with Crippen molar-refractivity contribution in [3.63, 3.8) is 0 Å². The second-order valence-electron chi connectivity index (χ2n) is 4.80. The van der Waals surface area contributed by atoms with Crippen molar-refractivity contribution in [3.05, 3.63) is 53.5 Å². The molecule has 2 amide bonds. The molecule has 24 heavy (non-hydrogen) atoms. The first-order valence-electron chi connectivity index (χ1n) is 6.83. The van der Waals surface area contributed by atoms with Crippen molar-refractivity contribution >= 4 is 45.9 Å². The molecule has 0 saturated carbocycles. The fourth-order valence-corrected chi connectivity index (χ4v) is 2.53. The average Bonchev–Trinajstić information content (AvgIpc) is 2.94. The van der Waals surface area contributed by atoms with Gasteiger partial charge in [0.1, 0.15) is 11.3 Å². The summed E-state index contributed by atoms with van der Waals surface area (Å²) >= 11 is 6.04. The number of aromatic nitrogens is 1. The van der Waals surface area contributed by atoms with Crippen LogP contribution < -0.4 is 10.6 Å². The van der Waals surface area contributed by atoms with Crippen LogP contribution in [0.5, 0.6) is 0 Å². The molecule has 3 aromatic rings. The Balaban J connectivity index is 2.34. The first-order chi connectivity index (χ1) is 11.5. The molecule has 2 N–H and O–H groups in total. The lowest BCUT2D eigenvalue weighted by Gasteiger charge is -2.19. The molecule has 0 atom stereocenters. The van der Waals surface area contributed by atoms with Crippen molar-refractivity contribution in [1.82, 2.24) is 4.98 Å². The fourth-order valence-electron chi connectivity index (χ4n) is 2.36. The minimum absolute atomic E-state index is 0.153. The summed E-state index contributed by atoms with van der Waals surface area (Å²) in [4.78, 5) is 29.3. The number of anilines is 2. The lowest BCUT2D eigenvalue weighted by molar-refractivity contribution is 0.0569. The number of nitrogens with zero attached hydrogens (tertiary/aromatic N) is 2. The first-order valence-corrected chi connectivity index (χ1v) is 7.20. The Bertz CT molecular complexity index is 924. The number of carbonyl (C=O) groups is 2. The van der Waals surface area contributed by atoms with Gasteiger partial charge in [-0.15, -0.1) is 0 Å². The quantitative estimate of drug-likeness (QED) is 0.732. The third kappa shape index (κ3) is 2.65. The average molecular weight is 346 g/mol. The summed E-state index contributed by atoms with van der Waals surface area (Å²) in [6, 6.07) is 7.23. The predicted octanol–water partition coefficient (Wildman–Crippen LogP) is 3.48. The van der Waals surface area contributed by atoms with E-state index in [0.29, 0.717) is 21.7 Å². The van der Waals surface area contributed by atoms with Crippen molar-refractivity contribution < 1.29 is 18.7 Å². The van der Waals surface area contributed by atoms with Crippen LogP contribution in [0.15, 0.2) is 47.1 Å². The molecule has 0 fully saturated rings. The Morgan fingerprint density at radius 3 is 2.75 bits per heavy atom. The van der Waals surface area contributed by atoms with Gasteiger partial charge < -0.3 is 14.9 Å². The fraction of sp³-hybridized carbons (Fsp3) is 0.0625. The minimum Gasteiger partial charge on any atom is -0.463 e. The summed E-state index contributed by atoms with van der Waals surface area (Å²) in [5.41, 5.74) is 6.42. The van der Waals surface area contributed by atoms with Gasteiger partial charge in [0.15, 0.2) is 0 Å². The largest absolute Gasteiger partial charge is 0.463 e. The van der Waals surface area contributed by atoms with Gasteiger partial charge in [-0.3, -0.25) is 9.88 Å². The van der Waals surface area contributed by atoms with Gasteiger partial charge in [0.2, 0.25) is 5.76 Å². The molecule has 1 aromatic carbocycles. The predicted molar refractivity (Wildman–Crippen MR) is 88.5 cm³/mol. The maximum atomic E-state index is 12.1. The van der Waals surface area contributed by atoms with Crippen LogP contribution in [-0.4, -0.2) is 24.1 Å². The van der Waals surface area contributed by atoms with Crippen LogP contribution in [0.4, 0.5) is 16.2 Å². The van der Waals surface area contributed by atoms with E-state index < -0.39 is 12.0 Å². The van der Waals surface area contributed by atoms with Crippen LogP contribution in [0.25, 0.3) is 11.0 Å². The third-order valence-corrected chi connectivity index (χ3v) is 3.58. The molecule has 0 spiro atoms. The Morgan fingerprint density at radius 2 is 2.12 bits per heavy atom. The van der Waals surface area contributed by atoms with Gasteiger partial charge in [-0.1, -0.05) is 11.6 Å². The zero-order valence-corrected chi connectivity index (χ0v) is 13.3. The molecule has 0 saturated heterocycles. The van der Waals surface area contributed by atoms with E-state index in [2.05, 4.69) is 4.98 Å². The molecule has 0 aliphatic rings. The molecule has 0 aliphatic carbocycles. The number of hydrogen-bond donors (Lipinski definition) is 1. The van der Waals surface area contributed by atoms with Crippen LogP contribution in [0.3, 0.4) is 0 Å². The summed E-state index contributed by atoms with van der Waals surface area (Å²) in [6.45, 7) is 0. The van der Waals surface area contributed by atoms with Crippen molar-refractivity contribution in [2.45, 2.75) is 0 Å². The smallest absolute Gasteiger partial charge is 0.376 e. The van der Waals surface area contributed by atoms with Crippen molar-refractivity contribution in [1.29, 1.82) is 0 Å². The summed E-state index contributed by atoms with van der Waals surface area (Å²) < 4.78 is 10.3. The number of pyridine rings is 1. The van der Waals surface area contributed by atoms with Gasteiger partial charge in [0, 0.05) is 16.6 Å². The zero-order valence-electron chi connectivity index (χ0n) is 12.5. The number of primary amides is 1. The molecule has 2 aromatic heterocycles. The molecule has 7 nitrogen and oxygen atoms in total. The number of fused-ring (bicyclic) bond motifs is 1. The van der Waals surface area contributed by atoms with E-state index in [1.165, 1.54) is 13.3 Å². The maximum absolute atomic E-state index is 12.1. The van der Waals surface area contributed by atoms with Crippen molar-refractivity contribution in [3.8, 4) is 0 Å². The number of amides is 2. The summed E-state index contributed by atoms with van der Waals surface area (Å²) in [6.07, 6.45) is 2.99. The van der Waals surface area contributed by atoms with Crippen molar-refractivity contribution in [2.75, 3.05) is 12.0 Å². The molecule has 3 rings (SSSR count). The maximum Gasteiger partial charge on any atom is 0.376 e. The Hall–Kier alpha value is -3.06. The van der Waals surface area contributed by atoms with Gasteiger partial charge in [-0.05, 0) is 30.3 Å². The molecule has 0 radical (unpaired) electrons. The monoisotopic (exact) mass is 345 g/mol. The number of methoxy groups -OCH3 is 1. The number of hydrogen-bond acceptors (Lipinski definition) is 5. The van der Waals surface area contributed by atoms with Gasteiger partial charge >= 0.3 is 12.0 Å². The van der Waals surface area contributed by atoms with E-state index in [-0.39, 0.29) is 11.4 Å². The van der Waals surface area contributed by atoms with Crippen LogP contribution in [0.1, 0.15) is 10.6 Å². The number of ether oxygens (including phenoxy) is 1. The lowest BCUT2D eigenvalue weighted by Crippen LogP contribution is -2.32. The highest BCUT2D eigenvalue weighted by Gasteiger charge is 2.29. The second-order valence-corrected chi connectivity index (χ2v) is 5.23. The van der Waals surface area contributed by atoms with E-state index >= 15 is 0 Å². The topological polar surface area (TPSA) is 98.7 Å². The minimum atomic E-state index is -0.809. The molecule has 0 aliphatic heterocycles. The van der Waals surface area contributed by atoms with E-state index in [0.717, 1.165) is 4.90 Å². The molecule has 0 bridgehead atoms. The number of furan rings is 1. The molecule has 8 heteroatoms. The number of halogens is 1. The summed E-state index contributed by atoms with van der Waals surface area (Å²) in [5.74, 6) is -0.898. The van der Waals surface area contributed by atoms with Gasteiger partial charge in [-0.25, -0.2) is 9.59 Å². The molecule has 2 heterocycles. The number of nitrogens with two attached hydrogens (primary N) is 1. The third-order valence-electron chi connectivity index (χ3n) is 3.34. The molecule has 122 valence electrons. The highest BCUT2D eigenvalue weighted by Crippen LogP contribution is 2.39. The summed E-state index contributed by atoms with van der Waals surface area (Å²) in [7, 11) is 1.21. The molecular formula is C16H12ClN3O4. The van der Waals surface area contributed by atoms with Crippen LogP contribution >= 0.6 is 11.6 Å². The van der Waals surface area contributed by atoms with Crippen LogP contribution in [0.2, 0.25) is 5.02 Å². The highest BCUT2D eigenvalue weighted by molar-refractivity contribution is 6.31. The van der Waals surface area contributed by atoms with Crippen molar-refractivity contribution in [2.24, 2.45) is 5.73 Å². The molecule has 0 unspecified atom stereocenters. The molecular weight excluding hydrogens is 334 g/mol. The van der Waals surface area contributed by atoms with Crippen LogP contribution in [-0.2, 0) is 4.74 Å². The standard InChI is InChI=1S/C16H12ClN3O4/c1-23-15(21)14-13(11-7-9(17)4-5-12(11)24-14)20(16(18)22)10-3-2-6-19-8-10/h2-8H,1H3,(H2,18,22). The number of benzene rings is 1. The van der Waals surface area contributed by atoms with E-state index in [9.17, 15) is 9.59 Å². The van der Waals surface area contributed by atoms with Gasteiger partial charge in [0.05, 0.1) is 19.0 Å². The van der Waals surface area contributed by atoms with Gasteiger partial charge in [-0.2, -0.15) is 0 Å². The first kappa shape index (κ1) is 15.8. The van der Waals surface area contributed by atoms with Crippen LogP contribution in [0, 0.1) is 0 Å². The zero-order chi connectivity index (χ0) is 17.3. The van der Waals surface area contributed by atoms with Gasteiger partial charge in [0.25, 0.3) is 0 Å². The number of urea groups is 1. The Kier molecular flexibility index (Phi) is 4.09. The SMILES string of the molecule is COC(=O)c1oc2ccc(Cl)cc2c1N(C(N)=O)c1cccnc1. The Morgan fingerprint density at radius 1 is 1.33 bits per heavy atom. The normalized spacial score (nSPS) is 10.6. The van der Waals surface area contributed by atoms with E-state index in [1.807, 2.05) is 0 Å². The number of esters is 1. The highest BCUT2D eigenvalue weighted by atomic mass is 35.5. The summed E-state index contributed by atoms with van der Waals surface area (Å²) in [5, 5.41) is 0.863.